The molecule has 0 radical (unpaired) electrons. The lowest BCUT2D eigenvalue weighted by Gasteiger charge is -2.36. The Morgan fingerprint density at radius 3 is 1.32 bits per heavy atom. The molecule has 0 bridgehead atoms. The summed E-state index contributed by atoms with van der Waals surface area (Å²) in [6, 6.07) is 11.6. The van der Waals surface area contributed by atoms with E-state index in [1.165, 1.54) is 9.80 Å². The third-order valence-electron chi connectivity index (χ3n) is 8.76. The van der Waals surface area contributed by atoms with Crippen LogP contribution in [0.15, 0.2) is 48.5 Å². The Labute approximate surface area is 271 Å². The second-order valence-corrected chi connectivity index (χ2v) is 13.0. The lowest BCUT2D eigenvalue weighted by molar-refractivity contribution is -0.133. The van der Waals surface area contributed by atoms with Crippen LogP contribution in [0, 0.1) is 0 Å². The van der Waals surface area contributed by atoms with Gasteiger partial charge in [-0.3, -0.25) is 29.2 Å². The molecule has 14 heteroatoms. The number of epoxide rings is 2. The Morgan fingerprint density at radius 2 is 1.00 bits per heavy atom. The zero-order valence-corrected chi connectivity index (χ0v) is 26.6. The Morgan fingerprint density at radius 1 is 0.660 bits per heavy atom. The van der Waals surface area contributed by atoms with E-state index in [0.717, 1.165) is 9.80 Å². The number of nitrogens with zero attached hydrogens (tertiary/aromatic N) is 4. The largest absolute Gasteiger partial charge is 0.459 e. The number of ether oxygens (including phenoxy) is 4. The predicted molar refractivity (Wildman–Crippen MR) is 162 cm³/mol. The van der Waals surface area contributed by atoms with E-state index in [0.29, 0.717) is 35.5 Å². The van der Waals surface area contributed by atoms with Crippen molar-refractivity contribution in [1.29, 1.82) is 0 Å². The van der Waals surface area contributed by atoms with E-state index in [9.17, 15) is 28.8 Å². The Balaban J connectivity index is 1.10. The van der Waals surface area contributed by atoms with Crippen LogP contribution in [-0.4, -0.2) is 112 Å². The fourth-order valence-electron chi connectivity index (χ4n) is 5.42. The average Bonchev–Trinajstić information content (AvgIpc) is 3.98. The third-order valence-corrected chi connectivity index (χ3v) is 8.76. The first-order chi connectivity index (χ1) is 22.3. The van der Waals surface area contributed by atoms with Crippen molar-refractivity contribution < 1.29 is 47.7 Å². The molecular weight excluding hydrogens is 612 g/mol. The highest BCUT2D eigenvalue weighted by Crippen LogP contribution is 2.34. The Kier molecular flexibility index (Phi) is 8.26. The first kappa shape index (κ1) is 32.1. The van der Waals surface area contributed by atoms with Gasteiger partial charge in [-0.15, -0.1) is 0 Å². The van der Waals surface area contributed by atoms with E-state index in [4.69, 9.17) is 18.9 Å². The van der Waals surface area contributed by atoms with Gasteiger partial charge < -0.3 is 18.9 Å². The number of hydrogen-bond acceptors (Lipinski definition) is 10. The fraction of sp³-hybridized carbons (Fsp3) is 0.455. The first-order valence-electron chi connectivity index (χ1n) is 15.3. The van der Waals surface area contributed by atoms with Crippen molar-refractivity contribution in [3.05, 3.63) is 70.8 Å². The van der Waals surface area contributed by atoms with Gasteiger partial charge in [0.25, 0.3) is 11.8 Å². The lowest BCUT2D eigenvalue weighted by Crippen LogP contribution is -2.55. The van der Waals surface area contributed by atoms with Crippen LogP contribution in [0.3, 0.4) is 0 Å². The maximum atomic E-state index is 13.7. The van der Waals surface area contributed by atoms with E-state index >= 15 is 0 Å². The second-order valence-electron chi connectivity index (χ2n) is 13.0. The number of hydrogen-bond donors (Lipinski definition) is 0. The van der Waals surface area contributed by atoms with Crippen molar-refractivity contribution in [2.45, 2.75) is 64.1 Å². The lowest BCUT2D eigenvalue weighted by atomic mass is 10.0. The molecule has 47 heavy (non-hydrogen) atoms. The molecule has 6 rings (SSSR count). The topological polar surface area (TPSA) is 159 Å². The molecule has 2 atom stereocenters. The van der Waals surface area contributed by atoms with Gasteiger partial charge in [-0.25, -0.2) is 19.2 Å². The summed E-state index contributed by atoms with van der Waals surface area (Å²) in [6.07, 6.45) is -0.105. The summed E-state index contributed by atoms with van der Waals surface area (Å²) in [6.45, 7) is 7.47. The number of benzene rings is 2. The van der Waals surface area contributed by atoms with Crippen molar-refractivity contribution >= 4 is 35.8 Å². The van der Waals surface area contributed by atoms with E-state index in [2.05, 4.69) is 0 Å². The average molecular weight is 649 g/mol. The van der Waals surface area contributed by atoms with Crippen LogP contribution in [0.5, 0.6) is 0 Å². The van der Waals surface area contributed by atoms with Crippen molar-refractivity contribution in [3.8, 4) is 0 Å². The number of carbonyl (C=O) groups excluding carboxylic acids is 6. The zero-order valence-electron chi connectivity index (χ0n) is 26.6. The number of imide groups is 2. The minimum atomic E-state index is -1.31. The van der Waals surface area contributed by atoms with Gasteiger partial charge in [-0.05, 0) is 63.1 Å². The van der Waals surface area contributed by atoms with Crippen molar-refractivity contribution in [2.24, 2.45) is 0 Å². The van der Waals surface area contributed by atoms with Crippen LogP contribution in [0.2, 0.25) is 0 Å². The van der Waals surface area contributed by atoms with E-state index in [1.807, 2.05) is 0 Å². The molecule has 6 amide bonds. The van der Waals surface area contributed by atoms with Crippen LogP contribution in [0.4, 0.5) is 9.59 Å². The molecular formula is C33H36N4O10. The molecule has 2 aromatic carbocycles. The second kappa shape index (κ2) is 12.1. The summed E-state index contributed by atoms with van der Waals surface area (Å²) < 4.78 is 20.5. The maximum Gasteiger partial charge on any atom is 0.338 e. The van der Waals surface area contributed by atoms with Gasteiger partial charge in [0.15, 0.2) is 0 Å². The number of esters is 2. The van der Waals surface area contributed by atoms with Crippen LogP contribution in [0.25, 0.3) is 0 Å². The zero-order chi connectivity index (χ0) is 33.7. The molecule has 2 aromatic rings. The molecule has 14 nitrogen and oxygen atoms in total. The molecule has 0 N–H and O–H groups in total. The molecule has 2 unspecified atom stereocenters. The van der Waals surface area contributed by atoms with Crippen molar-refractivity contribution in [3.63, 3.8) is 0 Å². The number of urea groups is 2. The van der Waals surface area contributed by atoms with Gasteiger partial charge in [0, 0.05) is 0 Å². The minimum Gasteiger partial charge on any atom is -0.459 e. The molecule has 0 aliphatic carbocycles. The molecule has 4 saturated heterocycles. The van der Waals surface area contributed by atoms with E-state index in [-0.39, 0.29) is 45.2 Å². The highest BCUT2D eigenvalue weighted by atomic mass is 16.6. The molecule has 4 aliphatic rings. The van der Waals surface area contributed by atoms with Crippen LogP contribution >= 0.6 is 0 Å². The SMILES string of the molecule is CC1(C)C(=O)N(Cc2ccc(C(=O)OCC3CO3)cc2)C(=O)N1CN1C(=O)N(Cc2ccc(C(=O)OCC3CO3)cc2)C(=O)C1(C)C. The molecule has 0 saturated carbocycles. The Hall–Kier alpha value is -4.82. The maximum absolute atomic E-state index is 13.7. The summed E-state index contributed by atoms with van der Waals surface area (Å²) in [7, 11) is 0. The smallest absolute Gasteiger partial charge is 0.338 e. The predicted octanol–water partition coefficient (Wildman–Crippen LogP) is 2.54. The van der Waals surface area contributed by atoms with Crippen LogP contribution in [-0.2, 0) is 41.6 Å². The molecule has 4 aliphatic heterocycles. The highest BCUT2D eigenvalue weighted by molar-refractivity contribution is 6.08. The molecule has 4 heterocycles. The first-order valence-corrected chi connectivity index (χ1v) is 15.3. The monoisotopic (exact) mass is 648 g/mol. The molecule has 4 fully saturated rings. The molecule has 248 valence electrons. The standard InChI is InChI=1S/C33H36N4O10/c1-32(2)28(40)34(13-20-5-9-22(10-6-20)26(38)46-17-24-15-44-24)30(42)36(32)19-37-31(43)35(29(41)33(37,3)4)14-21-7-11-23(12-8-21)27(39)47-18-25-16-45-25/h5-12,24-25H,13-19H2,1-4H3. The summed E-state index contributed by atoms with van der Waals surface area (Å²) in [5.41, 5.74) is -0.735. The number of carbonyl (C=O) groups is 6. The number of amides is 6. The van der Waals surface area contributed by atoms with Crippen LogP contribution in [0.1, 0.15) is 59.5 Å². The molecule has 0 aromatic heterocycles. The van der Waals surface area contributed by atoms with Gasteiger partial charge in [0.2, 0.25) is 0 Å². The van der Waals surface area contributed by atoms with E-state index in [1.54, 1.807) is 76.2 Å². The minimum absolute atomic E-state index is 0.0524. The summed E-state index contributed by atoms with van der Waals surface area (Å²) in [5, 5.41) is 0. The van der Waals surface area contributed by atoms with E-state index < -0.39 is 46.9 Å². The molecule has 0 spiro atoms. The van der Waals surface area contributed by atoms with Crippen LogP contribution < -0.4 is 0 Å². The van der Waals surface area contributed by atoms with Crippen molar-refractivity contribution in [1.82, 2.24) is 19.6 Å². The Bertz CT molecular complexity index is 1490. The summed E-state index contributed by atoms with van der Waals surface area (Å²) in [4.78, 5) is 83.5. The van der Waals surface area contributed by atoms with Crippen molar-refractivity contribution in [2.75, 3.05) is 33.1 Å². The van der Waals surface area contributed by atoms with Gasteiger partial charge in [0.05, 0.1) is 37.4 Å². The van der Waals surface area contributed by atoms with Gasteiger partial charge in [0.1, 0.15) is 43.2 Å². The normalized spacial score (nSPS) is 22.6. The summed E-state index contributed by atoms with van der Waals surface area (Å²) in [5.74, 6) is -1.92. The van der Waals surface area contributed by atoms with Gasteiger partial charge in [-0.2, -0.15) is 0 Å². The summed E-state index contributed by atoms with van der Waals surface area (Å²) >= 11 is 0. The highest BCUT2D eigenvalue weighted by Gasteiger charge is 2.57. The van der Waals surface area contributed by atoms with Gasteiger partial charge in [-0.1, -0.05) is 24.3 Å². The fourth-order valence-corrected chi connectivity index (χ4v) is 5.42. The van der Waals surface area contributed by atoms with Gasteiger partial charge >= 0.3 is 24.0 Å². The number of rotatable bonds is 12. The third kappa shape index (κ3) is 6.43. The quantitative estimate of drug-likeness (QED) is 0.190.